The largest absolute Gasteiger partial charge is 0.495 e. The summed E-state index contributed by atoms with van der Waals surface area (Å²) in [6, 6.07) is 5.83. The van der Waals surface area contributed by atoms with Crippen LogP contribution in [-0.2, 0) is 44.7 Å². The molecule has 10 atom stereocenters. The van der Waals surface area contributed by atoms with Gasteiger partial charge in [-0.05, 0) is 73.8 Å². The first-order valence-corrected chi connectivity index (χ1v) is 22.1. The van der Waals surface area contributed by atoms with Crippen LogP contribution < -0.4 is 20.7 Å². The second-order valence-electron chi connectivity index (χ2n) is 16.8. The van der Waals surface area contributed by atoms with Gasteiger partial charge in [0.15, 0.2) is 23.5 Å². The van der Waals surface area contributed by atoms with Gasteiger partial charge in [0, 0.05) is 40.7 Å². The highest BCUT2D eigenvalue weighted by atomic mass is 79.9. The number of ether oxygens (including phenoxy) is 3. The lowest BCUT2D eigenvalue weighted by molar-refractivity contribution is -0.201. The molecule has 6 N–H and O–H groups in total. The van der Waals surface area contributed by atoms with E-state index in [1.807, 2.05) is 30.5 Å². The molecule has 5 aliphatic rings. The van der Waals surface area contributed by atoms with Crippen molar-refractivity contribution in [2.24, 2.45) is 28.6 Å². The number of hydrogen-bond acceptors (Lipinski definition) is 12. The van der Waals surface area contributed by atoms with Crippen LogP contribution >= 0.6 is 27.3 Å². The van der Waals surface area contributed by atoms with Gasteiger partial charge in [-0.1, -0.05) is 53.6 Å². The zero-order valence-electron chi connectivity index (χ0n) is 33.5. The topological polar surface area (TPSA) is 227 Å². The predicted octanol–water partition coefficient (Wildman–Crippen LogP) is 3.75. The van der Waals surface area contributed by atoms with E-state index in [-0.39, 0.29) is 54.7 Å². The number of carbonyl (C=O) groups excluding carboxylic acids is 5. The molecule has 4 fully saturated rings. The minimum atomic E-state index is -1.51. The van der Waals surface area contributed by atoms with Crippen molar-refractivity contribution in [3.8, 4) is 5.75 Å². The van der Waals surface area contributed by atoms with E-state index in [1.54, 1.807) is 31.4 Å². The number of amides is 3. The number of allylic oxidation sites excluding steroid dienone is 4. The third-order valence-corrected chi connectivity index (χ3v) is 15.0. The van der Waals surface area contributed by atoms with Gasteiger partial charge in [0.1, 0.15) is 18.4 Å². The number of Topliss-reactive ketones (excluding diaryl/α,β-unsaturated/α-hetero) is 1. The summed E-state index contributed by atoms with van der Waals surface area (Å²) in [6.07, 6.45) is 4.94. The second kappa shape index (κ2) is 17.2. The Labute approximate surface area is 359 Å². The number of rotatable bonds is 15. The number of thiophene rings is 1. The normalized spacial score (nSPS) is 31.8. The van der Waals surface area contributed by atoms with Gasteiger partial charge in [0.05, 0.1) is 41.6 Å². The van der Waals surface area contributed by atoms with Crippen molar-refractivity contribution >= 4 is 68.2 Å². The summed E-state index contributed by atoms with van der Waals surface area (Å²) >= 11 is 4.42. The van der Waals surface area contributed by atoms with Crippen LogP contribution in [0.5, 0.6) is 5.75 Å². The van der Waals surface area contributed by atoms with Crippen LogP contribution in [0.25, 0.3) is 0 Å². The Hall–Kier alpha value is -4.26. The summed E-state index contributed by atoms with van der Waals surface area (Å²) in [5, 5.41) is 41.0. The molecule has 3 amide bonds. The number of nitrogens with one attached hydrogen (secondary N) is 3. The highest BCUT2D eigenvalue weighted by molar-refractivity contribution is 9.09. The second-order valence-corrected chi connectivity index (χ2v) is 18.3. The van der Waals surface area contributed by atoms with Crippen LogP contribution in [0.15, 0.2) is 53.4 Å². The fraction of sp³-hybridized carbons (Fsp3) is 0.535. The zero-order valence-corrected chi connectivity index (χ0v) is 35.9. The van der Waals surface area contributed by atoms with Crippen molar-refractivity contribution in [1.29, 1.82) is 0 Å². The maximum absolute atomic E-state index is 14.0. The standard InChI is InChI=1S/C43H50BrN3O12S/c1-41-13-12-25(49)15-23(41)6-9-26-28-16-33-43(32(51)20-48,42(28,2)17-30(50)37(26)41)59-40(58-33)27-21-60-31(38(27)57-3)14-22-4-7-24(8-5-22)46-39(56)29(10-11-36(54)55)47-35(53)19-45-34(52)18-44/h4-5,7-8,12-13,15,21,26,28-30,33,37,40,48,50H,6,9-11,14,16-20H2,1-3H3,(H,45,52)(H,46,56)(H,47,53)(H,54,55)/t26-,28-,29-,30-,33+,37+,40+,41-,42-,43+/m0/s1. The zero-order chi connectivity index (χ0) is 43.1. The monoisotopic (exact) mass is 911 g/mol. The number of carbonyl (C=O) groups is 6. The number of methoxy groups -OCH3 is 1. The molecule has 0 spiro atoms. The summed E-state index contributed by atoms with van der Waals surface area (Å²) < 4.78 is 19.4. The molecule has 0 radical (unpaired) electrons. The van der Waals surface area contributed by atoms with Crippen LogP contribution in [0.2, 0.25) is 0 Å². The van der Waals surface area contributed by atoms with Gasteiger partial charge in [0.25, 0.3) is 0 Å². The highest BCUT2D eigenvalue weighted by Crippen LogP contribution is 2.70. The van der Waals surface area contributed by atoms with E-state index in [1.165, 1.54) is 11.3 Å². The van der Waals surface area contributed by atoms with E-state index in [2.05, 4.69) is 38.8 Å². The number of halogens is 1. The van der Waals surface area contributed by atoms with Crippen LogP contribution in [0.3, 0.4) is 0 Å². The van der Waals surface area contributed by atoms with Crippen molar-refractivity contribution < 1.29 is 58.3 Å². The molecule has 1 saturated heterocycles. The van der Waals surface area contributed by atoms with Crippen LogP contribution in [0.1, 0.15) is 74.7 Å². The van der Waals surface area contributed by atoms with Gasteiger partial charge in [-0.2, -0.15) is 0 Å². The maximum Gasteiger partial charge on any atom is 0.303 e. The summed E-state index contributed by atoms with van der Waals surface area (Å²) in [7, 11) is 1.54. The third kappa shape index (κ3) is 7.77. The number of alkyl halides is 1. The van der Waals surface area contributed by atoms with E-state index in [0.717, 1.165) is 22.4 Å². The number of aliphatic hydroxyl groups is 2. The minimum Gasteiger partial charge on any atom is -0.495 e. The Kier molecular flexibility index (Phi) is 12.6. The lowest BCUT2D eigenvalue weighted by Crippen LogP contribution is -2.63. The van der Waals surface area contributed by atoms with E-state index >= 15 is 0 Å². The fourth-order valence-electron chi connectivity index (χ4n) is 10.9. The third-order valence-electron chi connectivity index (χ3n) is 13.5. The molecule has 1 aromatic heterocycles. The lowest BCUT2D eigenvalue weighted by atomic mass is 9.46. The van der Waals surface area contributed by atoms with E-state index < -0.39 is 77.1 Å². The van der Waals surface area contributed by atoms with Crippen molar-refractivity contribution in [3.63, 3.8) is 0 Å². The number of carboxylic acid groups (broad SMARTS) is 1. The van der Waals surface area contributed by atoms with Gasteiger partial charge in [-0.15, -0.1) is 11.3 Å². The van der Waals surface area contributed by atoms with Crippen molar-refractivity contribution in [2.45, 2.75) is 88.9 Å². The Balaban J connectivity index is 1.05. The molecule has 2 heterocycles. The summed E-state index contributed by atoms with van der Waals surface area (Å²) in [4.78, 5) is 75.4. The quantitative estimate of drug-likeness (QED) is 0.141. The molecule has 17 heteroatoms. The van der Waals surface area contributed by atoms with E-state index in [4.69, 9.17) is 14.2 Å². The Bertz CT molecular complexity index is 2120. The molecule has 4 aliphatic carbocycles. The lowest BCUT2D eigenvalue weighted by Gasteiger charge is -2.59. The molecule has 322 valence electrons. The maximum atomic E-state index is 14.0. The SMILES string of the molecule is COc1c([C@@H]2O[C@@H]3C[C@H]4[C@@H]5CCC6=CC(=O)C=C[C@]6(C)[C@H]5[C@@H](O)C[C@]4(C)[C@]3(C(=O)CO)O2)csc1Cc1ccc(NC(=O)[C@H](CCC(=O)O)NC(=O)CNC(=O)CBr)cc1. The van der Waals surface area contributed by atoms with Gasteiger partial charge in [-0.3, -0.25) is 28.8 Å². The molecule has 0 bridgehead atoms. The molecule has 15 nitrogen and oxygen atoms in total. The van der Waals surface area contributed by atoms with Crippen molar-refractivity contribution in [1.82, 2.24) is 10.6 Å². The number of ketones is 2. The first-order valence-electron chi connectivity index (χ1n) is 20.1. The predicted molar refractivity (Wildman–Crippen MR) is 221 cm³/mol. The van der Waals surface area contributed by atoms with E-state index in [9.17, 15) is 44.1 Å². The minimum absolute atomic E-state index is 0.00494. The number of anilines is 1. The smallest absolute Gasteiger partial charge is 0.303 e. The average Bonchev–Trinajstić information content (AvgIpc) is 3.88. The van der Waals surface area contributed by atoms with E-state index in [0.29, 0.717) is 36.3 Å². The molecule has 1 aliphatic heterocycles. The highest BCUT2D eigenvalue weighted by Gasteiger charge is 2.76. The van der Waals surface area contributed by atoms with Crippen LogP contribution in [0.4, 0.5) is 5.69 Å². The van der Waals surface area contributed by atoms with Gasteiger partial charge in [-0.25, -0.2) is 0 Å². The molecule has 0 unspecified atom stereocenters. The van der Waals surface area contributed by atoms with Crippen LogP contribution in [0, 0.1) is 28.6 Å². The summed E-state index contributed by atoms with van der Waals surface area (Å²) in [5.74, 6) is -2.97. The van der Waals surface area contributed by atoms with Gasteiger partial charge in [0.2, 0.25) is 17.7 Å². The molecule has 2 aromatic rings. The number of aliphatic carboxylic acids is 1. The Morgan fingerprint density at radius 3 is 2.55 bits per heavy atom. The molecule has 3 saturated carbocycles. The van der Waals surface area contributed by atoms with Crippen LogP contribution in [-0.4, -0.2) is 100 Å². The molecular weight excluding hydrogens is 862 g/mol. The van der Waals surface area contributed by atoms with Gasteiger partial charge >= 0.3 is 5.97 Å². The first-order chi connectivity index (χ1) is 28.6. The van der Waals surface area contributed by atoms with Crippen molar-refractivity contribution in [2.75, 3.05) is 30.9 Å². The average molecular weight is 913 g/mol. The first kappa shape index (κ1) is 43.8. The molecule has 60 heavy (non-hydrogen) atoms. The number of benzene rings is 1. The fourth-order valence-corrected chi connectivity index (χ4v) is 12.1. The van der Waals surface area contributed by atoms with Crippen molar-refractivity contribution in [3.05, 3.63) is 69.5 Å². The Morgan fingerprint density at radius 1 is 1.12 bits per heavy atom. The van der Waals surface area contributed by atoms with Gasteiger partial charge < -0.3 is 45.5 Å². The summed E-state index contributed by atoms with van der Waals surface area (Å²) in [5.41, 5.74) is 0.0752. The molecule has 1 aromatic carbocycles. The Morgan fingerprint density at radius 2 is 1.87 bits per heavy atom. The number of fused-ring (bicyclic) bond motifs is 7. The number of hydrogen-bond donors (Lipinski definition) is 6. The number of carboxylic acids is 1. The number of aliphatic hydroxyl groups excluding tert-OH is 2. The summed E-state index contributed by atoms with van der Waals surface area (Å²) in [6.45, 7) is 2.96. The molecule has 7 rings (SSSR count). The molecular formula is C43H50BrN3O12S.